The van der Waals surface area contributed by atoms with Gasteiger partial charge in [-0.15, -0.1) is 22.7 Å². The van der Waals surface area contributed by atoms with E-state index in [-0.39, 0.29) is 5.91 Å². The minimum absolute atomic E-state index is 0.126. The molecular formula is C21H18N2O2S2. The van der Waals surface area contributed by atoms with Crippen LogP contribution in [-0.2, 0) is 11.3 Å². The van der Waals surface area contributed by atoms with Crippen LogP contribution in [0.4, 0.5) is 0 Å². The van der Waals surface area contributed by atoms with Gasteiger partial charge in [0, 0.05) is 10.4 Å². The number of nitrogens with zero attached hydrogens (tertiary/aromatic N) is 1. The molecule has 136 valence electrons. The molecule has 4 nitrogen and oxygen atoms in total. The number of amides is 1. The Hall–Kier alpha value is -2.70. The highest BCUT2D eigenvalue weighted by molar-refractivity contribution is 7.21. The summed E-state index contributed by atoms with van der Waals surface area (Å²) in [4.78, 5) is 18.0. The van der Waals surface area contributed by atoms with Gasteiger partial charge in [0.25, 0.3) is 5.91 Å². The Labute approximate surface area is 165 Å². The van der Waals surface area contributed by atoms with E-state index in [1.165, 1.54) is 4.70 Å². The van der Waals surface area contributed by atoms with E-state index in [2.05, 4.69) is 16.4 Å². The first-order valence-electron chi connectivity index (χ1n) is 8.62. The number of fused-ring (bicyclic) bond motifs is 1. The van der Waals surface area contributed by atoms with Crippen LogP contribution in [-0.4, -0.2) is 17.0 Å². The summed E-state index contributed by atoms with van der Waals surface area (Å²) < 4.78 is 6.94. The molecule has 0 radical (unpaired) electrons. The number of carbonyl (C=O) groups is 1. The molecule has 2 heterocycles. The van der Waals surface area contributed by atoms with Crippen molar-refractivity contribution in [2.24, 2.45) is 0 Å². The molecule has 4 aromatic rings. The van der Waals surface area contributed by atoms with Gasteiger partial charge >= 0.3 is 0 Å². The summed E-state index contributed by atoms with van der Waals surface area (Å²) in [6.07, 6.45) is -0.557. The molecule has 27 heavy (non-hydrogen) atoms. The molecule has 2 aromatic heterocycles. The summed E-state index contributed by atoms with van der Waals surface area (Å²) in [5, 5.41) is 5.87. The van der Waals surface area contributed by atoms with Gasteiger partial charge in [-0.25, -0.2) is 4.98 Å². The van der Waals surface area contributed by atoms with Crippen molar-refractivity contribution in [3.05, 3.63) is 70.9 Å². The molecule has 6 heteroatoms. The highest BCUT2D eigenvalue weighted by Crippen LogP contribution is 2.31. The SMILES string of the molecule is CC(Oc1ccc(-c2nc3ccccc3s2)cc1)C(=O)NCc1cccs1. The minimum atomic E-state index is -0.557. The van der Waals surface area contributed by atoms with Crippen LogP contribution in [0.3, 0.4) is 0 Å². The second-order valence-corrected chi connectivity index (χ2v) is 8.13. The quantitative estimate of drug-likeness (QED) is 0.494. The van der Waals surface area contributed by atoms with Crippen LogP contribution >= 0.6 is 22.7 Å². The topological polar surface area (TPSA) is 51.2 Å². The maximum atomic E-state index is 12.2. The van der Waals surface area contributed by atoms with Crippen molar-refractivity contribution >= 4 is 38.8 Å². The molecular weight excluding hydrogens is 376 g/mol. The Bertz CT molecular complexity index is 1010. The first kappa shape index (κ1) is 17.7. The molecule has 1 unspecified atom stereocenters. The fourth-order valence-electron chi connectivity index (χ4n) is 2.66. The molecule has 1 atom stereocenters. The van der Waals surface area contributed by atoms with Gasteiger partial charge in [0.2, 0.25) is 0 Å². The lowest BCUT2D eigenvalue weighted by Gasteiger charge is -2.14. The normalized spacial score (nSPS) is 12.0. The van der Waals surface area contributed by atoms with Crippen LogP contribution in [0.25, 0.3) is 20.8 Å². The smallest absolute Gasteiger partial charge is 0.261 e. The Morgan fingerprint density at radius 2 is 1.93 bits per heavy atom. The molecule has 0 spiro atoms. The van der Waals surface area contributed by atoms with Gasteiger partial charge in [-0.05, 0) is 54.8 Å². The predicted molar refractivity (Wildman–Crippen MR) is 111 cm³/mol. The number of hydrogen-bond donors (Lipinski definition) is 1. The molecule has 1 N–H and O–H groups in total. The molecule has 0 bridgehead atoms. The molecule has 0 aliphatic rings. The number of ether oxygens (including phenoxy) is 1. The molecule has 0 saturated heterocycles. The summed E-state index contributed by atoms with van der Waals surface area (Å²) in [6.45, 7) is 2.28. The third kappa shape index (κ3) is 4.18. The van der Waals surface area contributed by atoms with Crippen molar-refractivity contribution < 1.29 is 9.53 Å². The van der Waals surface area contributed by atoms with E-state index in [9.17, 15) is 4.79 Å². The van der Waals surface area contributed by atoms with Crippen LogP contribution < -0.4 is 10.1 Å². The van der Waals surface area contributed by atoms with Crippen LogP contribution in [0.2, 0.25) is 0 Å². The van der Waals surface area contributed by atoms with E-state index in [1.807, 2.05) is 60.0 Å². The van der Waals surface area contributed by atoms with E-state index >= 15 is 0 Å². The number of hydrogen-bond acceptors (Lipinski definition) is 5. The Morgan fingerprint density at radius 1 is 1.11 bits per heavy atom. The average molecular weight is 395 g/mol. The van der Waals surface area contributed by atoms with Gasteiger partial charge in [0.1, 0.15) is 10.8 Å². The molecule has 2 aromatic carbocycles. The zero-order chi connectivity index (χ0) is 18.6. The summed E-state index contributed by atoms with van der Waals surface area (Å²) in [5.41, 5.74) is 2.05. The number of nitrogens with one attached hydrogen (secondary N) is 1. The van der Waals surface area contributed by atoms with Gasteiger partial charge in [-0.2, -0.15) is 0 Å². The van der Waals surface area contributed by atoms with Gasteiger partial charge in [-0.1, -0.05) is 18.2 Å². The molecule has 0 fully saturated rings. The highest BCUT2D eigenvalue weighted by atomic mass is 32.1. The van der Waals surface area contributed by atoms with Crippen molar-refractivity contribution in [1.29, 1.82) is 0 Å². The minimum Gasteiger partial charge on any atom is -0.481 e. The zero-order valence-electron chi connectivity index (χ0n) is 14.7. The van der Waals surface area contributed by atoms with E-state index in [0.717, 1.165) is 21.0 Å². The summed E-state index contributed by atoms with van der Waals surface area (Å²) in [7, 11) is 0. The number of para-hydroxylation sites is 1. The van der Waals surface area contributed by atoms with E-state index in [1.54, 1.807) is 29.6 Å². The second-order valence-electron chi connectivity index (χ2n) is 6.07. The van der Waals surface area contributed by atoms with Gasteiger partial charge in [0.15, 0.2) is 6.10 Å². The molecule has 1 amide bonds. The van der Waals surface area contributed by atoms with Crippen LogP contribution in [0.15, 0.2) is 66.0 Å². The van der Waals surface area contributed by atoms with E-state index in [4.69, 9.17) is 4.74 Å². The monoisotopic (exact) mass is 394 g/mol. The van der Waals surface area contributed by atoms with Gasteiger partial charge in [0.05, 0.1) is 16.8 Å². The fourth-order valence-corrected chi connectivity index (χ4v) is 4.28. The second kappa shape index (κ2) is 7.90. The van der Waals surface area contributed by atoms with E-state index in [0.29, 0.717) is 12.3 Å². The average Bonchev–Trinajstić information content (AvgIpc) is 3.36. The number of carbonyl (C=O) groups excluding carboxylic acids is 1. The molecule has 0 aliphatic heterocycles. The van der Waals surface area contributed by atoms with Crippen molar-refractivity contribution in [2.75, 3.05) is 0 Å². The van der Waals surface area contributed by atoms with Gasteiger partial charge in [-0.3, -0.25) is 4.79 Å². The first-order valence-corrected chi connectivity index (χ1v) is 10.3. The number of aromatic nitrogens is 1. The number of benzene rings is 2. The third-order valence-electron chi connectivity index (χ3n) is 4.09. The first-order chi connectivity index (χ1) is 13.2. The Balaban J connectivity index is 1.39. The van der Waals surface area contributed by atoms with Crippen molar-refractivity contribution in [3.8, 4) is 16.3 Å². The lowest BCUT2D eigenvalue weighted by atomic mass is 10.2. The van der Waals surface area contributed by atoms with Crippen molar-refractivity contribution in [2.45, 2.75) is 19.6 Å². The maximum Gasteiger partial charge on any atom is 0.261 e. The zero-order valence-corrected chi connectivity index (χ0v) is 16.3. The van der Waals surface area contributed by atoms with Crippen LogP contribution in [0.1, 0.15) is 11.8 Å². The molecule has 0 aliphatic carbocycles. The summed E-state index contributed by atoms with van der Waals surface area (Å²) in [6, 6.07) is 19.8. The maximum absolute atomic E-state index is 12.2. The van der Waals surface area contributed by atoms with Crippen molar-refractivity contribution in [1.82, 2.24) is 10.3 Å². The lowest BCUT2D eigenvalue weighted by Crippen LogP contribution is -2.35. The number of rotatable bonds is 6. The Morgan fingerprint density at radius 3 is 2.67 bits per heavy atom. The summed E-state index contributed by atoms with van der Waals surface area (Å²) in [5.74, 6) is 0.539. The number of thiazole rings is 1. The van der Waals surface area contributed by atoms with Crippen LogP contribution in [0, 0.1) is 0 Å². The largest absolute Gasteiger partial charge is 0.481 e. The number of thiophene rings is 1. The lowest BCUT2D eigenvalue weighted by molar-refractivity contribution is -0.127. The third-order valence-corrected chi connectivity index (χ3v) is 6.06. The molecule has 4 rings (SSSR count). The molecule has 0 saturated carbocycles. The Kier molecular flexibility index (Phi) is 5.18. The standard InChI is InChI=1S/C21H18N2O2S2/c1-14(20(24)22-13-17-5-4-12-26-17)25-16-10-8-15(9-11-16)21-23-18-6-2-3-7-19(18)27-21/h2-12,14H,13H2,1H3,(H,22,24). The fraction of sp³-hybridized carbons (Fsp3) is 0.143. The van der Waals surface area contributed by atoms with Crippen molar-refractivity contribution in [3.63, 3.8) is 0 Å². The van der Waals surface area contributed by atoms with Gasteiger partial charge < -0.3 is 10.1 Å². The summed E-state index contributed by atoms with van der Waals surface area (Å²) >= 11 is 3.29. The predicted octanol–water partition coefficient (Wildman–Crippen LogP) is 5.11. The highest BCUT2D eigenvalue weighted by Gasteiger charge is 2.15. The van der Waals surface area contributed by atoms with E-state index < -0.39 is 6.10 Å². The van der Waals surface area contributed by atoms with Crippen LogP contribution in [0.5, 0.6) is 5.75 Å².